The first-order valence-corrected chi connectivity index (χ1v) is 7.44. The first kappa shape index (κ1) is 14.0. The van der Waals surface area contributed by atoms with Gasteiger partial charge in [0.1, 0.15) is 5.58 Å². The third-order valence-corrected chi connectivity index (χ3v) is 3.59. The number of carboxylic acids is 1. The predicted octanol–water partition coefficient (Wildman–Crippen LogP) is 2.93. The lowest BCUT2D eigenvalue weighted by molar-refractivity contribution is 0.0662. The van der Waals surface area contributed by atoms with Crippen LogP contribution in [0, 0.1) is 0 Å². The summed E-state index contributed by atoms with van der Waals surface area (Å²) in [6.45, 7) is 1.50. The number of hydrogen-bond donors (Lipinski definition) is 1. The maximum Gasteiger partial charge on any atom is 0.372 e. The third kappa shape index (κ3) is 3.11. The summed E-state index contributed by atoms with van der Waals surface area (Å²) in [4.78, 5) is 13.4. The summed E-state index contributed by atoms with van der Waals surface area (Å²) < 4.78 is 5.43. The van der Waals surface area contributed by atoms with Crippen LogP contribution in [0.4, 0.5) is 0 Å². The van der Waals surface area contributed by atoms with Crippen LogP contribution >= 0.6 is 11.8 Å². The molecule has 0 aliphatic carbocycles. The van der Waals surface area contributed by atoms with E-state index in [4.69, 9.17) is 4.42 Å². The Morgan fingerprint density at radius 1 is 1.42 bits per heavy atom. The molecule has 19 heavy (non-hydrogen) atoms. The van der Waals surface area contributed by atoms with E-state index in [0.717, 1.165) is 23.2 Å². The standard InChI is InChI=1S/C14H17NO3S/c1-15(7-8-19-2)9-11-10-5-3-4-6-12(10)18-13(11)14(16)17/h3-6H,7-9H2,1-2H3,(H,16,17). The summed E-state index contributed by atoms with van der Waals surface area (Å²) in [5, 5.41) is 10.1. The highest BCUT2D eigenvalue weighted by Crippen LogP contribution is 2.26. The van der Waals surface area contributed by atoms with E-state index in [1.807, 2.05) is 25.2 Å². The molecule has 0 fully saturated rings. The summed E-state index contributed by atoms with van der Waals surface area (Å²) in [6.07, 6.45) is 2.06. The van der Waals surface area contributed by atoms with Gasteiger partial charge in [0.25, 0.3) is 0 Å². The van der Waals surface area contributed by atoms with E-state index in [1.165, 1.54) is 0 Å². The fourth-order valence-corrected chi connectivity index (χ4v) is 2.52. The van der Waals surface area contributed by atoms with Gasteiger partial charge in [0.2, 0.25) is 5.76 Å². The van der Waals surface area contributed by atoms with Crippen molar-refractivity contribution < 1.29 is 14.3 Å². The molecule has 4 nitrogen and oxygen atoms in total. The van der Waals surface area contributed by atoms with Crippen molar-refractivity contribution in [2.75, 3.05) is 25.6 Å². The maximum absolute atomic E-state index is 11.3. The molecular weight excluding hydrogens is 262 g/mol. The molecule has 1 N–H and O–H groups in total. The van der Waals surface area contributed by atoms with Crippen LogP contribution in [0.3, 0.4) is 0 Å². The van der Waals surface area contributed by atoms with Crippen LogP contribution in [0.2, 0.25) is 0 Å². The zero-order valence-corrected chi connectivity index (χ0v) is 11.9. The molecule has 1 aromatic carbocycles. The average Bonchev–Trinajstić information content (AvgIpc) is 2.76. The Morgan fingerprint density at radius 3 is 2.84 bits per heavy atom. The Hall–Kier alpha value is -1.46. The van der Waals surface area contributed by atoms with Crippen molar-refractivity contribution in [2.24, 2.45) is 0 Å². The minimum absolute atomic E-state index is 0.0530. The normalized spacial score (nSPS) is 11.3. The van der Waals surface area contributed by atoms with E-state index in [9.17, 15) is 9.90 Å². The predicted molar refractivity (Wildman–Crippen MR) is 77.9 cm³/mol. The highest BCUT2D eigenvalue weighted by Gasteiger charge is 2.20. The largest absolute Gasteiger partial charge is 0.475 e. The second-order valence-corrected chi connectivity index (χ2v) is 5.43. The van der Waals surface area contributed by atoms with Crippen molar-refractivity contribution in [1.82, 2.24) is 4.90 Å². The molecule has 0 atom stereocenters. The Balaban J connectivity index is 2.34. The van der Waals surface area contributed by atoms with Gasteiger partial charge in [0.05, 0.1) is 0 Å². The van der Waals surface area contributed by atoms with Gasteiger partial charge in [-0.05, 0) is 19.4 Å². The molecule has 0 unspecified atom stereocenters. The van der Waals surface area contributed by atoms with E-state index < -0.39 is 5.97 Å². The van der Waals surface area contributed by atoms with Crippen LogP contribution in [0.25, 0.3) is 11.0 Å². The minimum Gasteiger partial charge on any atom is -0.475 e. The lowest BCUT2D eigenvalue weighted by Gasteiger charge is -2.15. The number of benzene rings is 1. The molecule has 1 aromatic heterocycles. The zero-order chi connectivity index (χ0) is 13.8. The van der Waals surface area contributed by atoms with E-state index in [-0.39, 0.29) is 5.76 Å². The van der Waals surface area contributed by atoms with E-state index in [2.05, 4.69) is 11.2 Å². The number of nitrogens with zero attached hydrogens (tertiary/aromatic N) is 1. The number of carboxylic acid groups (broad SMARTS) is 1. The Labute approximate surface area is 116 Å². The Bertz CT molecular complexity index is 579. The molecule has 0 bridgehead atoms. The van der Waals surface area contributed by atoms with E-state index in [0.29, 0.717) is 12.1 Å². The summed E-state index contributed by atoms with van der Waals surface area (Å²) in [5.41, 5.74) is 1.39. The average molecular weight is 279 g/mol. The van der Waals surface area contributed by atoms with Crippen molar-refractivity contribution in [1.29, 1.82) is 0 Å². The van der Waals surface area contributed by atoms with Crippen LogP contribution in [0.15, 0.2) is 28.7 Å². The molecule has 0 aliphatic rings. The van der Waals surface area contributed by atoms with Crippen LogP contribution in [-0.2, 0) is 6.54 Å². The van der Waals surface area contributed by atoms with E-state index >= 15 is 0 Å². The third-order valence-electron chi connectivity index (χ3n) is 3.00. The highest BCUT2D eigenvalue weighted by atomic mass is 32.2. The number of para-hydroxylation sites is 1. The number of carbonyl (C=O) groups is 1. The van der Waals surface area contributed by atoms with Crippen LogP contribution in [-0.4, -0.2) is 41.6 Å². The SMILES string of the molecule is CSCCN(C)Cc1c(C(=O)O)oc2ccccc12. The lowest BCUT2D eigenvalue weighted by Crippen LogP contribution is -2.21. The molecule has 0 spiro atoms. The number of fused-ring (bicyclic) bond motifs is 1. The van der Waals surface area contributed by atoms with Gasteiger partial charge in [-0.15, -0.1) is 0 Å². The van der Waals surface area contributed by atoms with Gasteiger partial charge in [-0.2, -0.15) is 11.8 Å². The number of furan rings is 1. The first-order chi connectivity index (χ1) is 9.13. The first-order valence-electron chi connectivity index (χ1n) is 6.04. The van der Waals surface area contributed by atoms with Crippen molar-refractivity contribution in [3.8, 4) is 0 Å². The molecule has 0 saturated heterocycles. The molecular formula is C14H17NO3S. The van der Waals surface area contributed by atoms with Crippen molar-refractivity contribution in [3.05, 3.63) is 35.6 Å². The van der Waals surface area contributed by atoms with Crippen LogP contribution in [0.5, 0.6) is 0 Å². The summed E-state index contributed by atoms with van der Waals surface area (Å²) in [5.74, 6) is 0.0657. The molecule has 0 aliphatic heterocycles. The van der Waals surface area contributed by atoms with Crippen molar-refractivity contribution >= 4 is 28.7 Å². The fourth-order valence-electron chi connectivity index (χ4n) is 2.02. The van der Waals surface area contributed by atoms with Gasteiger partial charge in [0.15, 0.2) is 0 Å². The number of rotatable bonds is 6. The van der Waals surface area contributed by atoms with Crippen molar-refractivity contribution in [2.45, 2.75) is 6.54 Å². The highest BCUT2D eigenvalue weighted by molar-refractivity contribution is 7.98. The van der Waals surface area contributed by atoms with Gasteiger partial charge in [-0.25, -0.2) is 4.79 Å². The molecule has 0 amide bonds. The molecule has 0 radical (unpaired) electrons. The van der Waals surface area contributed by atoms with Gasteiger partial charge >= 0.3 is 5.97 Å². The van der Waals surface area contributed by atoms with Gasteiger partial charge in [-0.3, -0.25) is 0 Å². The monoisotopic (exact) mass is 279 g/mol. The van der Waals surface area contributed by atoms with Crippen LogP contribution in [0.1, 0.15) is 16.1 Å². The van der Waals surface area contributed by atoms with E-state index in [1.54, 1.807) is 17.8 Å². The Kier molecular flexibility index (Phi) is 4.50. The van der Waals surface area contributed by atoms with Gasteiger partial charge in [0, 0.05) is 29.8 Å². The van der Waals surface area contributed by atoms with Gasteiger partial charge in [-0.1, -0.05) is 18.2 Å². The molecule has 2 rings (SSSR count). The zero-order valence-electron chi connectivity index (χ0n) is 11.0. The smallest absolute Gasteiger partial charge is 0.372 e. The second-order valence-electron chi connectivity index (χ2n) is 4.44. The van der Waals surface area contributed by atoms with Crippen LogP contribution < -0.4 is 0 Å². The molecule has 1 heterocycles. The lowest BCUT2D eigenvalue weighted by atomic mass is 10.1. The fraction of sp³-hybridized carbons (Fsp3) is 0.357. The van der Waals surface area contributed by atoms with Crippen molar-refractivity contribution in [3.63, 3.8) is 0 Å². The quantitative estimate of drug-likeness (QED) is 0.881. The number of thioether (sulfide) groups is 1. The topological polar surface area (TPSA) is 53.7 Å². The number of aromatic carboxylic acids is 1. The molecule has 0 saturated carbocycles. The molecule has 102 valence electrons. The maximum atomic E-state index is 11.3. The molecule has 2 aromatic rings. The summed E-state index contributed by atoms with van der Waals surface area (Å²) in [6, 6.07) is 7.45. The summed E-state index contributed by atoms with van der Waals surface area (Å²) >= 11 is 1.78. The second kappa shape index (κ2) is 6.12. The summed E-state index contributed by atoms with van der Waals surface area (Å²) in [7, 11) is 1.99. The minimum atomic E-state index is -1.01. The van der Waals surface area contributed by atoms with Gasteiger partial charge < -0.3 is 14.4 Å². The number of hydrogen-bond acceptors (Lipinski definition) is 4. The Morgan fingerprint density at radius 2 is 2.16 bits per heavy atom. The molecule has 5 heteroatoms.